The number of nitrogens with one attached hydrogen (secondary N) is 1. The van der Waals surface area contributed by atoms with E-state index in [-0.39, 0.29) is 12.5 Å². The van der Waals surface area contributed by atoms with Gasteiger partial charge in [-0.25, -0.2) is 0 Å². The van der Waals surface area contributed by atoms with E-state index in [0.717, 1.165) is 51.4 Å². The maximum Gasteiger partial charge on any atom is 0.220 e. The van der Waals surface area contributed by atoms with Crippen molar-refractivity contribution in [3.8, 4) is 0 Å². The molecule has 0 bridgehead atoms. The molecule has 6 N–H and O–H groups in total. The van der Waals surface area contributed by atoms with Gasteiger partial charge in [-0.3, -0.25) is 4.79 Å². The molecule has 0 radical (unpaired) electrons. The van der Waals surface area contributed by atoms with Gasteiger partial charge in [-0.15, -0.1) is 0 Å². The number of hydrogen-bond acceptors (Lipinski definition) is 8. The minimum atomic E-state index is -1.55. The van der Waals surface area contributed by atoms with Crippen LogP contribution in [0.3, 0.4) is 0 Å². The standard InChI is InChI=1S/C57H111NO8/c1-3-5-7-9-11-13-15-17-18-19-20-21-22-23-24-25-26-27-28-29-30-31-32-33-35-36-38-40-42-44-46-51(60)50(49-65-57-56(64)55(63)54(62)52(48-59)66-57)58-53(61)47-45-43-41-39-37-34-16-14-12-10-8-6-4-2/h14,16,50-52,54-57,59-60,62-64H,3-13,15,17-49H2,1-2H3,(H,58,61)/b16-14-. The monoisotopic (exact) mass is 938 g/mol. The Morgan fingerprint density at radius 2 is 0.848 bits per heavy atom. The molecule has 9 heteroatoms. The predicted octanol–water partition coefficient (Wildman–Crippen LogP) is 14.0. The van der Waals surface area contributed by atoms with Crippen LogP contribution in [-0.2, 0) is 14.3 Å². The van der Waals surface area contributed by atoms with Crippen molar-refractivity contribution in [2.75, 3.05) is 13.2 Å². The molecule has 1 amide bonds. The van der Waals surface area contributed by atoms with Crippen LogP contribution in [0.15, 0.2) is 12.2 Å². The molecule has 7 atom stereocenters. The van der Waals surface area contributed by atoms with E-state index in [0.29, 0.717) is 12.8 Å². The highest BCUT2D eigenvalue weighted by Crippen LogP contribution is 2.23. The van der Waals surface area contributed by atoms with Crippen LogP contribution >= 0.6 is 0 Å². The Balaban J connectivity index is 2.12. The Kier molecular flexibility index (Phi) is 45.4. The lowest BCUT2D eigenvalue weighted by atomic mass is 9.99. The number of carbonyl (C=O) groups is 1. The molecule has 392 valence electrons. The largest absolute Gasteiger partial charge is 0.394 e. The lowest BCUT2D eigenvalue weighted by Crippen LogP contribution is -2.60. The molecule has 0 aromatic rings. The molecule has 1 saturated heterocycles. The SMILES string of the molecule is CCCCCC/C=C\CCCCCCCC(=O)NC(COC1OC(CO)C(O)C(O)C1O)C(O)CCCCCCCCCCCCCCCCCCCCCCCCCCCCCCCC. The van der Waals surface area contributed by atoms with E-state index in [2.05, 4.69) is 31.3 Å². The van der Waals surface area contributed by atoms with Crippen molar-refractivity contribution in [3.05, 3.63) is 12.2 Å². The van der Waals surface area contributed by atoms with Gasteiger partial charge in [0, 0.05) is 6.42 Å². The number of aliphatic hydroxyl groups excluding tert-OH is 5. The van der Waals surface area contributed by atoms with E-state index in [9.17, 15) is 30.3 Å². The maximum atomic E-state index is 13.0. The Morgan fingerprint density at radius 1 is 0.500 bits per heavy atom. The van der Waals surface area contributed by atoms with Crippen LogP contribution < -0.4 is 5.32 Å². The number of carbonyl (C=O) groups excluding carboxylic acids is 1. The van der Waals surface area contributed by atoms with Gasteiger partial charge in [0.1, 0.15) is 24.4 Å². The lowest BCUT2D eigenvalue weighted by molar-refractivity contribution is -0.302. The second-order valence-electron chi connectivity index (χ2n) is 20.4. The van der Waals surface area contributed by atoms with Crippen molar-refractivity contribution in [2.24, 2.45) is 0 Å². The second-order valence-corrected chi connectivity index (χ2v) is 20.4. The number of allylic oxidation sites excluding steroid dienone is 2. The van der Waals surface area contributed by atoms with Crippen molar-refractivity contribution in [3.63, 3.8) is 0 Å². The first kappa shape index (κ1) is 62.9. The Labute approximate surface area is 407 Å². The highest BCUT2D eigenvalue weighted by molar-refractivity contribution is 5.76. The van der Waals surface area contributed by atoms with E-state index in [1.165, 1.54) is 212 Å². The molecule has 7 unspecified atom stereocenters. The number of aliphatic hydroxyl groups is 5. The van der Waals surface area contributed by atoms with Gasteiger partial charge in [0.05, 0.1) is 25.4 Å². The smallest absolute Gasteiger partial charge is 0.220 e. The Bertz CT molecular complexity index is 1040. The fraction of sp³-hybridized carbons (Fsp3) is 0.947. The van der Waals surface area contributed by atoms with Crippen molar-refractivity contribution in [2.45, 2.75) is 333 Å². The summed E-state index contributed by atoms with van der Waals surface area (Å²) in [6.45, 7) is 3.84. The van der Waals surface area contributed by atoms with Crippen molar-refractivity contribution >= 4 is 5.91 Å². The molecule has 0 aromatic heterocycles. The van der Waals surface area contributed by atoms with Crippen LogP contribution in [0.2, 0.25) is 0 Å². The maximum absolute atomic E-state index is 13.0. The molecule has 0 aromatic carbocycles. The summed E-state index contributed by atoms with van der Waals surface area (Å²) >= 11 is 0. The minimum Gasteiger partial charge on any atom is -0.394 e. The van der Waals surface area contributed by atoms with Crippen LogP contribution in [0.5, 0.6) is 0 Å². The van der Waals surface area contributed by atoms with E-state index in [1.807, 2.05) is 0 Å². The quantitative estimate of drug-likeness (QED) is 0.0261. The summed E-state index contributed by atoms with van der Waals surface area (Å²) in [5.41, 5.74) is 0. The zero-order chi connectivity index (χ0) is 48.0. The first-order valence-corrected chi connectivity index (χ1v) is 28.9. The topological polar surface area (TPSA) is 149 Å². The molecule has 1 rings (SSSR count). The molecule has 1 aliphatic heterocycles. The fourth-order valence-corrected chi connectivity index (χ4v) is 9.51. The molecule has 66 heavy (non-hydrogen) atoms. The number of ether oxygens (including phenoxy) is 2. The van der Waals surface area contributed by atoms with Crippen LogP contribution in [0.4, 0.5) is 0 Å². The van der Waals surface area contributed by atoms with Gasteiger partial charge in [-0.05, 0) is 38.5 Å². The van der Waals surface area contributed by atoms with Crippen LogP contribution in [-0.4, -0.2) is 87.5 Å². The molecular weight excluding hydrogens is 827 g/mol. The Hall–Kier alpha value is -1.07. The summed E-state index contributed by atoms with van der Waals surface area (Å²) < 4.78 is 11.3. The van der Waals surface area contributed by atoms with E-state index >= 15 is 0 Å². The number of amides is 1. The van der Waals surface area contributed by atoms with Crippen LogP contribution in [0.25, 0.3) is 0 Å². The number of hydrogen-bond donors (Lipinski definition) is 6. The highest BCUT2D eigenvalue weighted by Gasteiger charge is 2.44. The average molecular weight is 939 g/mol. The summed E-state index contributed by atoms with van der Waals surface area (Å²) in [6.07, 6.45) is 51.1. The van der Waals surface area contributed by atoms with Crippen LogP contribution in [0.1, 0.15) is 290 Å². The van der Waals surface area contributed by atoms with Crippen molar-refractivity contribution in [1.29, 1.82) is 0 Å². The van der Waals surface area contributed by atoms with Gasteiger partial charge in [0.25, 0.3) is 0 Å². The van der Waals surface area contributed by atoms with Crippen LogP contribution in [0, 0.1) is 0 Å². The van der Waals surface area contributed by atoms with Gasteiger partial charge < -0.3 is 40.3 Å². The summed E-state index contributed by atoms with van der Waals surface area (Å²) in [4.78, 5) is 13.0. The molecule has 1 aliphatic rings. The molecule has 0 aliphatic carbocycles. The van der Waals surface area contributed by atoms with Gasteiger partial charge in [-0.1, -0.05) is 257 Å². The highest BCUT2D eigenvalue weighted by atomic mass is 16.7. The summed E-state index contributed by atoms with van der Waals surface area (Å²) in [5, 5.41) is 54.6. The normalized spacial score (nSPS) is 19.8. The number of rotatable bonds is 50. The molecule has 9 nitrogen and oxygen atoms in total. The first-order valence-electron chi connectivity index (χ1n) is 28.9. The van der Waals surface area contributed by atoms with Crippen molar-refractivity contribution in [1.82, 2.24) is 5.32 Å². The zero-order valence-electron chi connectivity index (χ0n) is 43.5. The number of unbranched alkanes of at least 4 members (excludes halogenated alkanes) is 38. The van der Waals surface area contributed by atoms with Crippen molar-refractivity contribution < 1.29 is 39.8 Å². The van der Waals surface area contributed by atoms with E-state index < -0.39 is 49.5 Å². The molecule has 0 spiro atoms. The van der Waals surface area contributed by atoms with Gasteiger partial charge in [-0.2, -0.15) is 0 Å². The third-order valence-electron chi connectivity index (χ3n) is 14.1. The van der Waals surface area contributed by atoms with Gasteiger partial charge >= 0.3 is 0 Å². The third-order valence-corrected chi connectivity index (χ3v) is 14.1. The first-order chi connectivity index (χ1) is 32.3. The molecular formula is C57H111NO8. The molecule has 1 heterocycles. The molecule has 0 saturated carbocycles. The second kappa shape index (κ2) is 47.6. The average Bonchev–Trinajstić information content (AvgIpc) is 3.32. The fourth-order valence-electron chi connectivity index (χ4n) is 9.51. The predicted molar refractivity (Wildman–Crippen MR) is 277 cm³/mol. The lowest BCUT2D eigenvalue weighted by Gasteiger charge is -2.40. The summed E-state index contributed by atoms with van der Waals surface area (Å²) in [7, 11) is 0. The minimum absolute atomic E-state index is 0.138. The summed E-state index contributed by atoms with van der Waals surface area (Å²) in [5.74, 6) is -0.150. The summed E-state index contributed by atoms with van der Waals surface area (Å²) in [6, 6.07) is -0.720. The third kappa shape index (κ3) is 36.9. The Morgan fingerprint density at radius 3 is 1.24 bits per heavy atom. The molecule has 1 fully saturated rings. The van der Waals surface area contributed by atoms with E-state index in [4.69, 9.17) is 9.47 Å². The van der Waals surface area contributed by atoms with Gasteiger partial charge in [0.2, 0.25) is 5.91 Å². The van der Waals surface area contributed by atoms with E-state index in [1.54, 1.807) is 0 Å². The van der Waals surface area contributed by atoms with Gasteiger partial charge in [0.15, 0.2) is 6.29 Å². The zero-order valence-corrected chi connectivity index (χ0v) is 43.5.